The Kier molecular flexibility index (Phi) is 3.40. The van der Waals surface area contributed by atoms with Crippen molar-refractivity contribution in [2.75, 3.05) is 11.1 Å². The molecule has 0 heterocycles. The summed E-state index contributed by atoms with van der Waals surface area (Å²) >= 11 is 5.93. The summed E-state index contributed by atoms with van der Waals surface area (Å²) < 4.78 is 0. The highest BCUT2D eigenvalue weighted by Gasteiger charge is 2.04. The van der Waals surface area contributed by atoms with E-state index in [1.54, 1.807) is 18.2 Å². The lowest BCUT2D eigenvalue weighted by Crippen LogP contribution is -1.96. The highest BCUT2D eigenvalue weighted by atomic mass is 35.5. The highest BCUT2D eigenvalue weighted by Crippen LogP contribution is 2.25. The first-order valence-corrected chi connectivity index (χ1v) is 5.81. The zero-order valence-corrected chi connectivity index (χ0v) is 10.6. The summed E-state index contributed by atoms with van der Waals surface area (Å²) in [5.74, 6) is 0. The lowest BCUT2D eigenvalue weighted by molar-refractivity contribution is 1.43. The minimum absolute atomic E-state index is 0.550. The lowest BCUT2D eigenvalue weighted by atomic mass is 10.1. The van der Waals surface area contributed by atoms with Gasteiger partial charge in [0.15, 0.2) is 0 Å². The van der Waals surface area contributed by atoms with Crippen molar-refractivity contribution in [2.45, 2.75) is 6.92 Å². The van der Waals surface area contributed by atoms with Crippen LogP contribution in [0.2, 0.25) is 5.02 Å². The van der Waals surface area contributed by atoms with Crippen molar-refractivity contribution in [1.82, 2.24) is 0 Å². The SMILES string of the molecule is Cc1cc(Nc2cc(Cl)ccc2C#N)ccc1N. The molecular weight excluding hydrogens is 246 g/mol. The van der Waals surface area contributed by atoms with E-state index in [2.05, 4.69) is 11.4 Å². The number of aryl methyl sites for hydroxylation is 1. The topological polar surface area (TPSA) is 61.8 Å². The first-order valence-electron chi connectivity index (χ1n) is 5.43. The van der Waals surface area contributed by atoms with Crippen LogP contribution in [-0.4, -0.2) is 0 Å². The molecule has 3 N–H and O–H groups in total. The number of nitriles is 1. The molecule has 18 heavy (non-hydrogen) atoms. The van der Waals surface area contributed by atoms with E-state index in [0.717, 1.165) is 16.9 Å². The zero-order valence-electron chi connectivity index (χ0n) is 9.87. The summed E-state index contributed by atoms with van der Waals surface area (Å²) in [7, 11) is 0. The first kappa shape index (κ1) is 12.3. The van der Waals surface area contributed by atoms with E-state index in [4.69, 9.17) is 22.6 Å². The molecular formula is C14H12ClN3. The third kappa shape index (κ3) is 2.55. The normalized spacial score (nSPS) is 9.83. The molecule has 0 fully saturated rings. The largest absolute Gasteiger partial charge is 0.399 e. The second-order valence-corrected chi connectivity index (χ2v) is 4.43. The molecule has 0 aliphatic heterocycles. The molecule has 2 aromatic rings. The molecule has 0 aromatic heterocycles. The van der Waals surface area contributed by atoms with Crippen molar-refractivity contribution in [3.05, 3.63) is 52.5 Å². The second kappa shape index (κ2) is 4.99. The molecule has 0 saturated carbocycles. The van der Waals surface area contributed by atoms with E-state index in [0.29, 0.717) is 16.3 Å². The summed E-state index contributed by atoms with van der Waals surface area (Å²) in [6.45, 7) is 1.93. The summed E-state index contributed by atoms with van der Waals surface area (Å²) in [4.78, 5) is 0. The molecule has 0 aliphatic rings. The number of hydrogen-bond donors (Lipinski definition) is 2. The summed E-state index contributed by atoms with van der Waals surface area (Å²) in [5.41, 5.74) is 9.60. The summed E-state index contributed by atoms with van der Waals surface area (Å²) in [5, 5.41) is 12.8. The minimum Gasteiger partial charge on any atom is -0.399 e. The van der Waals surface area contributed by atoms with Gasteiger partial charge in [-0.25, -0.2) is 0 Å². The number of nitrogens with one attached hydrogen (secondary N) is 1. The fourth-order valence-corrected chi connectivity index (χ4v) is 1.80. The van der Waals surface area contributed by atoms with E-state index in [9.17, 15) is 0 Å². The van der Waals surface area contributed by atoms with Crippen LogP contribution in [-0.2, 0) is 0 Å². The number of nitrogens with two attached hydrogens (primary N) is 1. The van der Waals surface area contributed by atoms with E-state index in [-0.39, 0.29) is 0 Å². The van der Waals surface area contributed by atoms with Crippen LogP contribution in [0.4, 0.5) is 17.1 Å². The Hall–Kier alpha value is -2.18. The van der Waals surface area contributed by atoms with E-state index < -0.39 is 0 Å². The third-order valence-electron chi connectivity index (χ3n) is 2.65. The van der Waals surface area contributed by atoms with E-state index in [1.165, 1.54) is 0 Å². The smallest absolute Gasteiger partial charge is 0.101 e. The molecule has 2 rings (SSSR count). The van der Waals surface area contributed by atoms with Crippen molar-refractivity contribution in [2.24, 2.45) is 0 Å². The number of rotatable bonds is 2. The van der Waals surface area contributed by atoms with Crippen molar-refractivity contribution in [3.8, 4) is 6.07 Å². The maximum atomic E-state index is 9.03. The van der Waals surface area contributed by atoms with Crippen molar-refractivity contribution in [1.29, 1.82) is 5.26 Å². The Morgan fingerprint density at radius 2 is 2.00 bits per heavy atom. The minimum atomic E-state index is 0.550. The number of nitrogens with zero attached hydrogens (tertiary/aromatic N) is 1. The van der Waals surface area contributed by atoms with Crippen LogP contribution >= 0.6 is 11.6 Å². The van der Waals surface area contributed by atoms with E-state index >= 15 is 0 Å². The average molecular weight is 258 g/mol. The van der Waals surface area contributed by atoms with Gasteiger partial charge in [-0.15, -0.1) is 0 Å². The number of halogens is 1. The number of hydrogen-bond acceptors (Lipinski definition) is 3. The van der Waals surface area contributed by atoms with Gasteiger partial charge in [0, 0.05) is 16.4 Å². The zero-order chi connectivity index (χ0) is 13.1. The number of nitrogen functional groups attached to an aromatic ring is 1. The molecule has 90 valence electrons. The van der Waals surface area contributed by atoms with E-state index in [1.807, 2.05) is 25.1 Å². The maximum Gasteiger partial charge on any atom is 0.101 e. The molecule has 2 aromatic carbocycles. The lowest BCUT2D eigenvalue weighted by Gasteiger charge is -2.10. The van der Waals surface area contributed by atoms with Crippen LogP contribution in [0.3, 0.4) is 0 Å². The molecule has 0 bridgehead atoms. The van der Waals surface area contributed by atoms with Crippen molar-refractivity contribution < 1.29 is 0 Å². The maximum absolute atomic E-state index is 9.03. The molecule has 0 unspecified atom stereocenters. The summed E-state index contributed by atoms with van der Waals surface area (Å²) in [6, 6.07) is 12.9. The van der Waals surface area contributed by atoms with Crippen LogP contribution in [0, 0.1) is 18.3 Å². The molecule has 0 spiro atoms. The highest BCUT2D eigenvalue weighted by molar-refractivity contribution is 6.30. The Balaban J connectivity index is 2.36. The van der Waals surface area contributed by atoms with Gasteiger partial charge >= 0.3 is 0 Å². The molecule has 0 radical (unpaired) electrons. The van der Waals surface area contributed by atoms with Crippen LogP contribution < -0.4 is 11.1 Å². The van der Waals surface area contributed by atoms with Gasteiger partial charge in [-0.3, -0.25) is 0 Å². The van der Waals surface area contributed by atoms with Gasteiger partial charge in [0.25, 0.3) is 0 Å². The average Bonchev–Trinajstić information content (AvgIpc) is 2.34. The Labute approximate surface area is 111 Å². The molecule has 0 amide bonds. The predicted molar refractivity (Wildman–Crippen MR) is 75.0 cm³/mol. The Morgan fingerprint density at radius 3 is 2.67 bits per heavy atom. The molecule has 3 nitrogen and oxygen atoms in total. The van der Waals surface area contributed by atoms with Crippen LogP contribution in [0.5, 0.6) is 0 Å². The fourth-order valence-electron chi connectivity index (χ4n) is 1.63. The Morgan fingerprint density at radius 1 is 1.22 bits per heavy atom. The van der Waals surface area contributed by atoms with Gasteiger partial charge in [-0.2, -0.15) is 5.26 Å². The van der Waals surface area contributed by atoms with Crippen LogP contribution in [0.1, 0.15) is 11.1 Å². The Bertz CT molecular complexity index is 629. The van der Waals surface area contributed by atoms with Gasteiger partial charge in [0.1, 0.15) is 6.07 Å². The molecule has 4 heteroatoms. The van der Waals surface area contributed by atoms with Gasteiger partial charge in [-0.05, 0) is 48.9 Å². The number of anilines is 3. The second-order valence-electron chi connectivity index (χ2n) is 4.00. The van der Waals surface area contributed by atoms with Crippen LogP contribution in [0.25, 0.3) is 0 Å². The molecule has 0 aliphatic carbocycles. The van der Waals surface area contributed by atoms with Gasteiger partial charge in [0.2, 0.25) is 0 Å². The van der Waals surface area contributed by atoms with Crippen molar-refractivity contribution in [3.63, 3.8) is 0 Å². The summed E-state index contributed by atoms with van der Waals surface area (Å²) in [6.07, 6.45) is 0. The van der Waals surface area contributed by atoms with Crippen LogP contribution in [0.15, 0.2) is 36.4 Å². The number of benzene rings is 2. The monoisotopic (exact) mass is 257 g/mol. The van der Waals surface area contributed by atoms with Crippen molar-refractivity contribution >= 4 is 28.7 Å². The third-order valence-corrected chi connectivity index (χ3v) is 2.89. The first-order chi connectivity index (χ1) is 8.60. The van der Waals surface area contributed by atoms with Gasteiger partial charge < -0.3 is 11.1 Å². The van der Waals surface area contributed by atoms with Gasteiger partial charge in [0.05, 0.1) is 11.3 Å². The predicted octanol–water partition coefficient (Wildman–Crippen LogP) is 3.85. The van der Waals surface area contributed by atoms with Gasteiger partial charge in [-0.1, -0.05) is 11.6 Å². The molecule has 0 saturated heterocycles. The molecule has 0 atom stereocenters. The fraction of sp³-hybridized carbons (Fsp3) is 0.0714. The quantitative estimate of drug-likeness (QED) is 0.804. The standard InChI is InChI=1S/C14H12ClN3/c1-9-6-12(4-5-13(9)17)18-14-7-11(15)3-2-10(14)8-16/h2-7,18H,17H2,1H3.